The Bertz CT molecular complexity index is 1040. The minimum atomic E-state index is -0.267. The Kier molecular flexibility index (Phi) is 4.79. The molecule has 1 aliphatic heterocycles. The van der Waals surface area contributed by atoms with E-state index in [1.807, 2.05) is 9.47 Å². The van der Waals surface area contributed by atoms with Crippen molar-refractivity contribution in [1.29, 1.82) is 0 Å². The summed E-state index contributed by atoms with van der Waals surface area (Å²) in [5.74, 6) is 0.627. The molecule has 0 saturated carbocycles. The summed E-state index contributed by atoms with van der Waals surface area (Å²) >= 11 is 0. The van der Waals surface area contributed by atoms with E-state index in [0.29, 0.717) is 24.3 Å². The average Bonchev–Trinajstić information content (AvgIpc) is 3.36. The molecule has 0 N–H and O–H groups in total. The third-order valence-corrected chi connectivity index (χ3v) is 6.05. The Labute approximate surface area is 168 Å². The summed E-state index contributed by atoms with van der Waals surface area (Å²) in [4.78, 5) is 21.4. The van der Waals surface area contributed by atoms with Crippen LogP contribution in [0.4, 0.5) is 4.39 Å². The van der Waals surface area contributed by atoms with Crippen molar-refractivity contribution in [1.82, 2.24) is 24.5 Å². The SMILES string of the molecule is O=C(c1noc2c1CCCC2)N1CCN(CCn2cnc3cc(F)ccc32)CC1. The summed E-state index contributed by atoms with van der Waals surface area (Å²) in [6, 6.07) is 4.69. The van der Waals surface area contributed by atoms with E-state index in [2.05, 4.69) is 15.0 Å². The van der Waals surface area contributed by atoms with Crippen molar-refractivity contribution < 1.29 is 13.7 Å². The van der Waals surface area contributed by atoms with E-state index < -0.39 is 0 Å². The van der Waals surface area contributed by atoms with Crippen LogP contribution < -0.4 is 0 Å². The van der Waals surface area contributed by atoms with Crippen LogP contribution in [-0.2, 0) is 19.4 Å². The van der Waals surface area contributed by atoms with Crippen molar-refractivity contribution in [2.24, 2.45) is 0 Å². The van der Waals surface area contributed by atoms with Crippen LogP contribution in [0.1, 0.15) is 34.7 Å². The molecule has 0 spiro atoms. The topological polar surface area (TPSA) is 67.4 Å². The summed E-state index contributed by atoms with van der Waals surface area (Å²) < 4.78 is 20.8. The molecule has 1 aromatic carbocycles. The summed E-state index contributed by atoms with van der Waals surface area (Å²) in [6.07, 6.45) is 5.74. The third-order valence-electron chi connectivity index (χ3n) is 6.05. The Balaban J connectivity index is 1.17. The number of amides is 1. The predicted octanol–water partition coefficient (Wildman–Crippen LogP) is 2.50. The molecular formula is C21H24FN5O2. The monoisotopic (exact) mass is 397 g/mol. The van der Waals surface area contributed by atoms with Crippen molar-refractivity contribution in [3.05, 3.63) is 47.4 Å². The van der Waals surface area contributed by atoms with E-state index in [4.69, 9.17) is 4.52 Å². The molecule has 3 heterocycles. The van der Waals surface area contributed by atoms with Gasteiger partial charge in [-0.3, -0.25) is 9.69 Å². The Morgan fingerprint density at radius 3 is 2.79 bits per heavy atom. The molecule has 0 radical (unpaired) electrons. The maximum atomic E-state index is 13.3. The molecule has 2 aliphatic rings. The van der Waals surface area contributed by atoms with Gasteiger partial charge in [-0.1, -0.05) is 5.16 Å². The van der Waals surface area contributed by atoms with E-state index in [1.165, 1.54) is 12.1 Å². The maximum absolute atomic E-state index is 13.3. The average molecular weight is 397 g/mol. The van der Waals surface area contributed by atoms with E-state index in [1.54, 1.807) is 12.4 Å². The van der Waals surface area contributed by atoms with Crippen LogP contribution in [0.25, 0.3) is 11.0 Å². The molecule has 3 aromatic rings. The quantitative estimate of drug-likeness (QED) is 0.677. The second kappa shape index (κ2) is 7.59. The highest BCUT2D eigenvalue weighted by atomic mass is 19.1. The predicted molar refractivity (Wildman–Crippen MR) is 105 cm³/mol. The molecule has 0 unspecified atom stereocenters. The second-order valence-corrected chi connectivity index (χ2v) is 7.84. The van der Waals surface area contributed by atoms with Crippen LogP contribution in [0, 0.1) is 5.82 Å². The number of aromatic nitrogens is 3. The van der Waals surface area contributed by atoms with E-state index in [-0.39, 0.29) is 11.7 Å². The fourth-order valence-corrected chi connectivity index (χ4v) is 4.34. The lowest BCUT2D eigenvalue weighted by atomic mass is 9.96. The number of aryl methyl sites for hydroxylation is 1. The third kappa shape index (κ3) is 3.53. The van der Waals surface area contributed by atoms with Crippen LogP contribution in [0.5, 0.6) is 0 Å². The molecule has 7 nitrogen and oxygen atoms in total. The van der Waals surface area contributed by atoms with E-state index in [0.717, 1.165) is 68.7 Å². The summed E-state index contributed by atoms with van der Waals surface area (Å²) in [7, 11) is 0. The highest BCUT2D eigenvalue weighted by Gasteiger charge is 2.29. The fourth-order valence-electron chi connectivity index (χ4n) is 4.34. The number of hydrogen-bond donors (Lipinski definition) is 0. The largest absolute Gasteiger partial charge is 0.360 e. The van der Waals surface area contributed by atoms with Gasteiger partial charge in [-0.25, -0.2) is 9.37 Å². The smallest absolute Gasteiger partial charge is 0.276 e. The summed E-state index contributed by atoms with van der Waals surface area (Å²) in [5, 5.41) is 4.08. The van der Waals surface area contributed by atoms with Gasteiger partial charge in [0.2, 0.25) is 0 Å². The van der Waals surface area contributed by atoms with Crippen LogP contribution in [0.3, 0.4) is 0 Å². The molecule has 0 bridgehead atoms. The molecule has 1 saturated heterocycles. The first-order valence-electron chi connectivity index (χ1n) is 10.3. The maximum Gasteiger partial charge on any atom is 0.276 e. The van der Waals surface area contributed by atoms with Crippen LogP contribution in [-0.4, -0.2) is 63.1 Å². The van der Waals surface area contributed by atoms with E-state index in [9.17, 15) is 9.18 Å². The van der Waals surface area contributed by atoms with Gasteiger partial charge in [0.15, 0.2) is 5.69 Å². The Morgan fingerprint density at radius 2 is 1.93 bits per heavy atom. The second-order valence-electron chi connectivity index (χ2n) is 7.84. The number of piperazine rings is 1. The molecule has 1 aliphatic carbocycles. The zero-order valence-corrected chi connectivity index (χ0v) is 16.3. The summed E-state index contributed by atoms with van der Waals surface area (Å²) in [6.45, 7) is 4.68. The van der Waals surface area contributed by atoms with E-state index >= 15 is 0 Å². The first-order valence-corrected chi connectivity index (χ1v) is 10.3. The number of nitrogens with zero attached hydrogens (tertiary/aromatic N) is 5. The molecule has 5 rings (SSSR count). The molecule has 29 heavy (non-hydrogen) atoms. The van der Waals surface area contributed by atoms with Crippen LogP contribution in [0.2, 0.25) is 0 Å². The van der Waals surface area contributed by atoms with Crippen molar-refractivity contribution in [2.75, 3.05) is 32.7 Å². The van der Waals surface area contributed by atoms with Gasteiger partial charge < -0.3 is 14.0 Å². The molecule has 8 heteroatoms. The number of imidazole rings is 1. The fraction of sp³-hybridized carbons (Fsp3) is 0.476. The number of hydrogen-bond acceptors (Lipinski definition) is 5. The lowest BCUT2D eigenvalue weighted by molar-refractivity contribution is 0.0622. The van der Waals surface area contributed by atoms with Crippen molar-refractivity contribution in [3.8, 4) is 0 Å². The van der Waals surface area contributed by atoms with Crippen molar-refractivity contribution in [2.45, 2.75) is 32.2 Å². The number of carbonyl (C=O) groups excluding carboxylic acids is 1. The van der Waals surface area contributed by atoms with Gasteiger partial charge in [0.05, 0.1) is 17.4 Å². The van der Waals surface area contributed by atoms with Crippen molar-refractivity contribution >= 4 is 16.9 Å². The van der Waals surface area contributed by atoms with Gasteiger partial charge in [0, 0.05) is 57.3 Å². The molecule has 1 fully saturated rings. The standard InChI is InChI=1S/C21H24FN5O2/c22-15-5-6-18-17(13-15)23-14-27(18)12-9-25-7-10-26(11-8-25)21(28)20-16-3-1-2-4-19(16)29-24-20/h5-6,13-14H,1-4,7-12H2. The highest BCUT2D eigenvalue weighted by Crippen LogP contribution is 2.25. The zero-order valence-electron chi connectivity index (χ0n) is 16.3. The zero-order chi connectivity index (χ0) is 19.8. The van der Waals surface area contributed by atoms with Gasteiger partial charge in [-0.05, 0) is 31.4 Å². The highest BCUT2D eigenvalue weighted by molar-refractivity contribution is 5.94. The minimum Gasteiger partial charge on any atom is -0.360 e. The first kappa shape index (κ1) is 18.3. The number of rotatable bonds is 4. The molecule has 1 amide bonds. The number of fused-ring (bicyclic) bond motifs is 2. The molecule has 152 valence electrons. The van der Waals surface area contributed by atoms with Gasteiger partial charge >= 0.3 is 0 Å². The van der Waals surface area contributed by atoms with Gasteiger partial charge in [0.1, 0.15) is 11.6 Å². The minimum absolute atomic E-state index is 0.000759. The normalized spacial score (nSPS) is 17.6. The van der Waals surface area contributed by atoms with Gasteiger partial charge in [0.25, 0.3) is 5.91 Å². The molecular weight excluding hydrogens is 373 g/mol. The van der Waals surface area contributed by atoms with Crippen molar-refractivity contribution in [3.63, 3.8) is 0 Å². The number of benzene rings is 1. The van der Waals surface area contributed by atoms with Crippen LogP contribution in [0.15, 0.2) is 29.0 Å². The molecule has 2 aromatic heterocycles. The number of halogens is 1. The first-order chi connectivity index (χ1) is 14.2. The lowest BCUT2D eigenvalue weighted by Gasteiger charge is -2.34. The number of carbonyl (C=O) groups is 1. The van der Waals surface area contributed by atoms with Gasteiger partial charge in [-0.15, -0.1) is 0 Å². The lowest BCUT2D eigenvalue weighted by Crippen LogP contribution is -2.49. The summed E-state index contributed by atoms with van der Waals surface area (Å²) in [5.41, 5.74) is 3.16. The molecule has 0 atom stereocenters. The van der Waals surface area contributed by atoms with Crippen LogP contribution >= 0.6 is 0 Å². The Morgan fingerprint density at radius 1 is 1.10 bits per heavy atom. The van der Waals surface area contributed by atoms with Gasteiger partial charge in [-0.2, -0.15) is 0 Å². The Hall–Kier alpha value is -2.74.